The Kier molecular flexibility index (Phi) is 20.2. The minimum Gasteiger partial charge on any atom is -0.432 e. The molecule has 3 aromatic rings. The minimum atomic E-state index is -1.24. The molecule has 23 atom stereocenters. The van der Waals surface area contributed by atoms with Gasteiger partial charge in [-0.15, -0.1) is 0 Å². The monoisotopic (exact) mass is 1200 g/mol. The number of fused-ring (bicyclic) bond motifs is 7. The lowest BCUT2D eigenvalue weighted by atomic mass is 9.39. The number of rotatable bonds is 20. The Labute approximate surface area is 519 Å². The summed E-state index contributed by atoms with van der Waals surface area (Å²) in [4.78, 5) is 19.4. The predicted octanol–water partition coefficient (Wildman–Crippen LogP) is 13.9. The van der Waals surface area contributed by atoms with Crippen molar-refractivity contribution in [3.8, 4) is 0 Å². The molecule has 15 nitrogen and oxygen atoms in total. The zero-order valence-corrected chi connectivity index (χ0v) is 53.4. The van der Waals surface area contributed by atoms with Crippen LogP contribution in [0, 0.1) is 63.1 Å². The molecule has 3 heterocycles. The molecule has 16 heteroatoms. The van der Waals surface area contributed by atoms with Crippen molar-refractivity contribution in [2.24, 2.45) is 68.2 Å². The van der Waals surface area contributed by atoms with Gasteiger partial charge in [-0.05, 0) is 158 Å². The van der Waals surface area contributed by atoms with Crippen molar-refractivity contribution >= 4 is 13.8 Å². The molecule has 472 valence electrons. The van der Waals surface area contributed by atoms with Gasteiger partial charge in [-0.2, -0.15) is 0 Å². The number of allylic oxidation sites excluding steroid dienone is 2. The third-order valence-corrected chi connectivity index (χ3v) is 23.1. The van der Waals surface area contributed by atoms with Crippen molar-refractivity contribution in [3.63, 3.8) is 0 Å². The van der Waals surface area contributed by atoms with Gasteiger partial charge in [-0.1, -0.05) is 156 Å². The van der Waals surface area contributed by atoms with Gasteiger partial charge in [0.1, 0.15) is 30.5 Å². The van der Waals surface area contributed by atoms with E-state index in [1.54, 1.807) is 7.11 Å². The van der Waals surface area contributed by atoms with Gasteiger partial charge < -0.3 is 52.1 Å². The van der Waals surface area contributed by atoms with Gasteiger partial charge in [0.25, 0.3) is 0 Å². The van der Waals surface area contributed by atoms with Gasteiger partial charge in [0, 0.05) is 24.4 Å². The summed E-state index contributed by atoms with van der Waals surface area (Å²) in [6, 6.07) is 29.1. The van der Waals surface area contributed by atoms with E-state index in [4.69, 9.17) is 60.0 Å². The fraction of sp³-hybridized carbons (Fsp3) is 0.704. The third kappa shape index (κ3) is 13.1. The predicted molar refractivity (Wildman–Crippen MR) is 331 cm³/mol. The Balaban J connectivity index is 0.860. The number of ether oxygens (including phenoxy) is 11. The lowest BCUT2D eigenvalue weighted by Crippen LogP contribution is -2.64. The normalized spacial score (nSPS) is 41.5. The molecule has 11 rings (SSSR count). The molecule has 3 saturated heterocycles. The standard InChI is InChI=1S/C71H98BN3O12/c1-11-79-62-60(86-64-57(72)61(81-40-49-25-19-14-20-26-49)56(42-82-64)80-39-48-23-17-13-18-24-48)46(5)83-66(63(62)77-10)85-59-45(4)58(74-75-73)55(41-78-38-47-21-15-12-16-22-47)84-65(59)87-67(76)71-35-33-68(6,7)37-54(71)53-30-29-51-52(70(53,9)34-36-71)28-27-50-44(3)43(2)31-32-69(50,51)8/h12-26,30,43-46,50-52,54-66H,11,27-29,31-42H2,1-10H3/t43-,44?,45?,46+,50-,51?,52+,54?,55-,56?,57?,58?,59?,60?,61?,62?,63?,64-,65-,66-,69?,70-,71?/m0/s1. The zero-order valence-electron chi connectivity index (χ0n) is 53.4. The number of azide groups is 1. The van der Waals surface area contributed by atoms with Crippen LogP contribution in [-0.4, -0.2) is 114 Å². The van der Waals surface area contributed by atoms with Crippen LogP contribution in [0.5, 0.6) is 0 Å². The number of hydrogen-bond acceptors (Lipinski definition) is 13. The molecular formula is C71H98BN3O12. The molecule has 14 unspecified atom stereocenters. The maximum Gasteiger partial charge on any atom is 0.315 e. The first-order valence-electron chi connectivity index (χ1n) is 32.9. The molecule has 0 N–H and O–H groups in total. The number of carbonyl (C=O) groups is 1. The van der Waals surface area contributed by atoms with Crippen molar-refractivity contribution < 1.29 is 56.9 Å². The molecule has 4 saturated carbocycles. The van der Waals surface area contributed by atoms with Gasteiger partial charge in [0.2, 0.25) is 6.29 Å². The number of nitrogens with zero attached hydrogens (tertiary/aromatic N) is 3. The highest BCUT2D eigenvalue weighted by atomic mass is 16.8. The third-order valence-electron chi connectivity index (χ3n) is 23.1. The average molecular weight is 1200 g/mol. The second-order valence-electron chi connectivity index (χ2n) is 28.6. The fourth-order valence-corrected chi connectivity index (χ4v) is 17.9. The molecule has 0 bridgehead atoms. The summed E-state index contributed by atoms with van der Waals surface area (Å²) in [7, 11) is 8.72. The van der Waals surface area contributed by atoms with Gasteiger partial charge in [0.15, 0.2) is 12.6 Å². The van der Waals surface area contributed by atoms with Crippen molar-refractivity contribution in [2.75, 3.05) is 26.9 Å². The summed E-state index contributed by atoms with van der Waals surface area (Å²) < 4.78 is 73.9. The lowest BCUT2D eigenvalue weighted by Gasteiger charge is -2.66. The van der Waals surface area contributed by atoms with Crippen LogP contribution < -0.4 is 0 Å². The average Bonchev–Trinajstić information content (AvgIpc) is 0.718. The highest BCUT2D eigenvalue weighted by Gasteiger charge is 2.65. The Morgan fingerprint density at radius 3 is 2.00 bits per heavy atom. The van der Waals surface area contributed by atoms with Crippen molar-refractivity contribution in [1.29, 1.82) is 0 Å². The van der Waals surface area contributed by atoms with Crippen LogP contribution in [0.25, 0.3) is 10.4 Å². The summed E-state index contributed by atoms with van der Waals surface area (Å²) >= 11 is 0. The number of carbonyl (C=O) groups excluding carboxylic acids is 1. The number of esters is 1. The van der Waals surface area contributed by atoms with Crippen LogP contribution in [0.15, 0.2) is 108 Å². The smallest absolute Gasteiger partial charge is 0.315 e. The van der Waals surface area contributed by atoms with E-state index < -0.39 is 90.9 Å². The van der Waals surface area contributed by atoms with Crippen LogP contribution >= 0.6 is 0 Å². The topological polar surface area (TPSA) is 167 Å². The van der Waals surface area contributed by atoms with Crippen LogP contribution in [0.3, 0.4) is 0 Å². The molecule has 5 aliphatic carbocycles. The first-order chi connectivity index (χ1) is 41.9. The van der Waals surface area contributed by atoms with Gasteiger partial charge in [-0.25, -0.2) is 0 Å². The fourth-order valence-electron chi connectivity index (χ4n) is 17.9. The Morgan fingerprint density at radius 2 is 1.33 bits per heavy atom. The Morgan fingerprint density at radius 1 is 0.690 bits per heavy atom. The SMILES string of the molecule is [B]C1C(OCc2ccccc2)C(OCc2ccccc2)CO[C@H]1OC1C(OCC)C(OC)[C@H](OC2C(C)C(N=[N+]=[N-])[C@H](COCc3ccccc3)O[C@H]2OC(=O)C23CCC(C)(C)CC2C2=CCC4[C@@H](CC[C@H]5C(C)[C@@H](C)CCC45C)[C@]2(C)CC3)O[C@@H]1C. The number of hydrogen-bond donors (Lipinski definition) is 0. The molecule has 3 aliphatic heterocycles. The van der Waals surface area contributed by atoms with Crippen molar-refractivity contribution in [2.45, 2.75) is 226 Å². The molecule has 87 heavy (non-hydrogen) atoms. The van der Waals surface area contributed by atoms with Gasteiger partial charge in [0.05, 0.1) is 70.6 Å². The van der Waals surface area contributed by atoms with Gasteiger partial charge in [-0.3, -0.25) is 4.79 Å². The van der Waals surface area contributed by atoms with E-state index in [-0.39, 0.29) is 35.9 Å². The van der Waals surface area contributed by atoms with E-state index in [9.17, 15) is 5.53 Å². The highest BCUT2D eigenvalue weighted by molar-refractivity contribution is 6.12. The van der Waals surface area contributed by atoms with Crippen LogP contribution in [0.2, 0.25) is 5.82 Å². The van der Waals surface area contributed by atoms with Gasteiger partial charge >= 0.3 is 5.97 Å². The number of methoxy groups -OCH3 is 1. The van der Waals surface area contributed by atoms with Crippen LogP contribution in [-0.2, 0) is 76.7 Å². The van der Waals surface area contributed by atoms with E-state index in [2.05, 4.69) is 57.6 Å². The van der Waals surface area contributed by atoms with E-state index in [0.717, 1.165) is 66.5 Å². The van der Waals surface area contributed by atoms with E-state index in [0.29, 0.717) is 50.1 Å². The quantitative estimate of drug-likeness (QED) is 0.0263. The molecule has 0 spiro atoms. The van der Waals surface area contributed by atoms with E-state index in [1.165, 1.54) is 31.3 Å². The molecule has 0 aromatic heterocycles. The first kappa shape index (κ1) is 64.4. The maximum atomic E-state index is 16.1. The largest absolute Gasteiger partial charge is 0.432 e. The molecule has 3 aromatic carbocycles. The van der Waals surface area contributed by atoms with E-state index in [1.807, 2.05) is 112 Å². The van der Waals surface area contributed by atoms with Crippen molar-refractivity contribution in [1.82, 2.24) is 0 Å². The molecule has 7 fully saturated rings. The van der Waals surface area contributed by atoms with Crippen LogP contribution in [0.4, 0.5) is 0 Å². The summed E-state index contributed by atoms with van der Waals surface area (Å²) in [5, 5.41) is 4.36. The van der Waals surface area contributed by atoms with Crippen molar-refractivity contribution in [3.05, 3.63) is 130 Å². The number of benzene rings is 3. The van der Waals surface area contributed by atoms with Crippen LogP contribution in [0.1, 0.15) is 143 Å². The summed E-state index contributed by atoms with van der Waals surface area (Å²) in [5.41, 5.74) is 14.2. The minimum absolute atomic E-state index is 0.00885. The molecule has 2 radical (unpaired) electrons. The second-order valence-corrected chi connectivity index (χ2v) is 28.6. The Bertz CT molecular complexity index is 2830. The molecule has 0 amide bonds. The molecule has 8 aliphatic rings. The maximum absolute atomic E-state index is 16.1. The Hall–Kier alpha value is -4.16. The summed E-state index contributed by atoms with van der Waals surface area (Å²) in [5.74, 6) is 1.85. The summed E-state index contributed by atoms with van der Waals surface area (Å²) in [6.07, 6.45) is 3.76. The zero-order chi connectivity index (χ0) is 61.3. The van der Waals surface area contributed by atoms with E-state index >= 15 is 4.79 Å². The summed E-state index contributed by atoms with van der Waals surface area (Å²) in [6.45, 7) is 22.2. The second kappa shape index (κ2) is 27.4. The highest BCUT2D eigenvalue weighted by Crippen LogP contribution is 2.71. The first-order valence-corrected chi connectivity index (χ1v) is 32.9. The molecular weight excluding hydrogens is 1100 g/mol. The lowest BCUT2D eigenvalue weighted by molar-refractivity contribution is -0.366.